The van der Waals surface area contributed by atoms with Crippen molar-refractivity contribution >= 4 is 29.4 Å². The third-order valence-electron chi connectivity index (χ3n) is 3.81. The van der Waals surface area contributed by atoms with Crippen molar-refractivity contribution in [3.05, 3.63) is 64.7 Å². The Morgan fingerprint density at radius 2 is 1.96 bits per heavy atom. The van der Waals surface area contributed by atoms with Crippen molar-refractivity contribution in [3.8, 4) is 0 Å². The first-order valence-corrected chi connectivity index (χ1v) is 7.64. The summed E-state index contributed by atoms with van der Waals surface area (Å²) in [6.07, 6.45) is -0.213. The van der Waals surface area contributed by atoms with E-state index in [2.05, 4.69) is 5.10 Å². The molecule has 7 heteroatoms. The van der Waals surface area contributed by atoms with Crippen LogP contribution in [0, 0.1) is 11.6 Å². The molecule has 0 radical (unpaired) electrons. The number of hydrogen-bond acceptors (Lipinski definition) is 4. The zero-order valence-corrected chi connectivity index (χ0v) is 13.5. The Morgan fingerprint density at radius 1 is 1.21 bits per heavy atom. The van der Waals surface area contributed by atoms with E-state index >= 15 is 0 Å². The van der Waals surface area contributed by atoms with Gasteiger partial charge in [-0.15, -0.1) is 0 Å². The SMILES string of the molecule is CC1=NN(c2ccc(Cl)cc2F)C(C=O)N1Cc1ccccc1F. The van der Waals surface area contributed by atoms with Crippen LogP contribution in [0.3, 0.4) is 0 Å². The van der Waals surface area contributed by atoms with Crippen LogP contribution in [0.5, 0.6) is 0 Å². The number of carbonyl (C=O) groups excluding carboxylic acids is 1. The summed E-state index contributed by atoms with van der Waals surface area (Å²) in [5.74, 6) is -0.464. The van der Waals surface area contributed by atoms with E-state index in [-0.39, 0.29) is 23.1 Å². The molecule has 1 unspecified atom stereocenters. The number of amidine groups is 1. The lowest BCUT2D eigenvalue weighted by atomic mass is 10.2. The van der Waals surface area contributed by atoms with Gasteiger partial charge < -0.3 is 4.90 Å². The minimum atomic E-state index is -0.861. The molecular weight excluding hydrogens is 336 g/mol. The lowest BCUT2D eigenvalue weighted by molar-refractivity contribution is -0.111. The molecule has 2 aromatic carbocycles. The van der Waals surface area contributed by atoms with Gasteiger partial charge in [-0.3, -0.25) is 4.79 Å². The number of aldehydes is 1. The molecule has 0 amide bonds. The normalized spacial score (nSPS) is 17.2. The minimum absolute atomic E-state index is 0.131. The van der Waals surface area contributed by atoms with Crippen molar-refractivity contribution < 1.29 is 13.6 Å². The van der Waals surface area contributed by atoms with Crippen molar-refractivity contribution in [2.75, 3.05) is 5.01 Å². The van der Waals surface area contributed by atoms with Gasteiger partial charge in [0.1, 0.15) is 17.5 Å². The van der Waals surface area contributed by atoms with Crippen LogP contribution >= 0.6 is 11.6 Å². The van der Waals surface area contributed by atoms with Crippen LogP contribution in [0.25, 0.3) is 0 Å². The van der Waals surface area contributed by atoms with Crippen molar-refractivity contribution in [1.82, 2.24) is 4.90 Å². The Hall–Kier alpha value is -2.47. The largest absolute Gasteiger partial charge is 0.326 e. The van der Waals surface area contributed by atoms with E-state index in [0.29, 0.717) is 17.7 Å². The van der Waals surface area contributed by atoms with Crippen molar-refractivity contribution in [3.63, 3.8) is 0 Å². The van der Waals surface area contributed by atoms with Crippen LogP contribution < -0.4 is 5.01 Å². The Bertz CT molecular complexity index is 812. The second kappa shape index (κ2) is 6.57. The highest BCUT2D eigenvalue weighted by atomic mass is 35.5. The fraction of sp³-hybridized carbons (Fsp3) is 0.176. The third kappa shape index (κ3) is 2.97. The maximum absolute atomic E-state index is 14.2. The summed E-state index contributed by atoms with van der Waals surface area (Å²) in [6.45, 7) is 1.84. The number of halogens is 3. The van der Waals surface area contributed by atoms with Gasteiger partial charge in [0.05, 0.1) is 5.69 Å². The van der Waals surface area contributed by atoms with Gasteiger partial charge in [-0.1, -0.05) is 29.8 Å². The Labute approximate surface area is 142 Å². The zero-order valence-electron chi connectivity index (χ0n) is 12.8. The molecule has 0 N–H and O–H groups in total. The maximum Gasteiger partial charge on any atom is 0.181 e. The topological polar surface area (TPSA) is 35.9 Å². The van der Waals surface area contributed by atoms with Crippen molar-refractivity contribution in [1.29, 1.82) is 0 Å². The average Bonchev–Trinajstić information content (AvgIpc) is 2.85. The summed E-state index contributed by atoms with van der Waals surface area (Å²) in [4.78, 5) is 13.2. The van der Waals surface area contributed by atoms with E-state index in [1.165, 1.54) is 23.2 Å². The first kappa shape index (κ1) is 16.4. The van der Waals surface area contributed by atoms with Crippen LogP contribution in [0.4, 0.5) is 14.5 Å². The monoisotopic (exact) mass is 349 g/mol. The number of carbonyl (C=O) groups is 1. The summed E-state index contributed by atoms with van der Waals surface area (Å²) < 4.78 is 28.1. The molecular formula is C17H14ClF2N3O. The molecule has 3 rings (SSSR count). The predicted octanol–water partition coefficient (Wildman–Crippen LogP) is 3.80. The van der Waals surface area contributed by atoms with Gasteiger partial charge in [0.15, 0.2) is 12.5 Å². The third-order valence-corrected chi connectivity index (χ3v) is 4.05. The van der Waals surface area contributed by atoms with E-state index < -0.39 is 12.0 Å². The molecule has 0 fully saturated rings. The second-order valence-corrected chi connectivity index (χ2v) is 5.79. The average molecular weight is 350 g/mol. The van der Waals surface area contributed by atoms with Gasteiger partial charge >= 0.3 is 0 Å². The first-order valence-electron chi connectivity index (χ1n) is 7.26. The number of hydrazone groups is 1. The van der Waals surface area contributed by atoms with Crippen LogP contribution in [0.1, 0.15) is 12.5 Å². The zero-order chi connectivity index (χ0) is 17.3. The number of rotatable bonds is 4. The van der Waals surface area contributed by atoms with E-state index in [1.807, 2.05) is 0 Å². The Kier molecular flexibility index (Phi) is 4.49. The molecule has 0 bridgehead atoms. The summed E-state index contributed by atoms with van der Waals surface area (Å²) in [5.41, 5.74) is 0.559. The number of hydrogen-bond donors (Lipinski definition) is 0. The van der Waals surface area contributed by atoms with Gasteiger partial charge in [0.25, 0.3) is 0 Å². The van der Waals surface area contributed by atoms with Crippen LogP contribution in [0.2, 0.25) is 5.02 Å². The number of benzene rings is 2. The fourth-order valence-corrected chi connectivity index (χ4v) is 2.77. The molecule has 1 aliphatic heterocycles. The van der Waals surface area contributed by atoms with E-state index in [4.69, 9.17) is 11.6 Å². The predicted molar refractivity (Wildman–Crippen MR) is 88.8 cm³/mol. The lowest BCUT2D eigenvalue weighted by Gasteiger charge is -2.27. The summed E-state index contributed by atoms with van der Waals surface area (Å²) in [6, 6.07) is 10.4. The molecule has 4 nitrogen and oxygen atoms in total. The first-order chi connectivity index (χ1) is 11.5. The lowest BCUT2D eigenvalue weighted by Crippen LogP contribution is -2.42. The summed E-state index contributed by atoms with van der Waals surface area (Å²) in [7, 11) is 0. The fourth-order valence-electron chi connectivity index (χ4n) is 2.61. The number of nitrogens with zero attached hydrogens (tertiary/aromatic N) is 3. The molecule has 0 spiro atoms. The van der Waals surface area contributed by atoms with E-state index in [1.54, 1.807) is 30.0 Å². The molecule has 0 saturated heterocycles. The van der Waals surface area contributed by atoms with Crippen molar-refractivity contribution in [2.45, 2.75) is 19.6 Å². The maximum atomic E-state index is 14.2. The Balaban J connectivity index is 1.92. The highest BCUT2D eigenvalue weighted by Crippen LogP contribution is 2.29. The second-order valence-electron chi connectivity index (χ2n) is 5.36. The molecule has 0 aliphatic carbocycles. The standard InChI is InChI=1S/C17H14ClF2N3O/c1-11-21-23(16-7-6-13(18)8-15(16)20)17(10-24)22(11)9-12-4-2-3-5-14(12)19/h2-8,10,17H,9H2,1H3. The van der Waals surface area contributed by atoms with Gasteiger partial charge in [-0.2, -0.15) is 5.10 Å². The number of anilines is 1. The molecule has 1 atom stereocenters. The van der Waals surface area contributed by atoms with Crippen molar-refractivity contribution in [2.24, 2.45) is 5.10 Å². The molecule has 2 aromatic rings. The van der Waals surface area contributed by atoms with Gasteiger partial charge in [0, 0.05) is 17.1 Å². The molecule has 1 aliphatic rings. The molecule has 24 heavy (non-hydrogen) atoms. The molecule has 1 heterocycles. The quantitative estimate of drug-likeness (QED) is 0.788. The molecule has 0 saturated carbocycles. The van der Waals surface area contributed by atoms with Gasteiger partial charge in [-0.05, 0) is 31.2 Å². The highest BCUT2D eigenvalue weighted by molar-refractivity contribution is 6.30. The smallest absolute Gasteiger partial charge is 0.181 e. The van der Waals surface area contributed by atoms with Crippen LogP contribution in [0.15, 0.2) is 47.6 Å². The minimum Gasteiger partial charge on any atom is -0.326 e. The summed E-state index contributed by atoms with van der Waals surface area (Å²) in [5, 5.41) is 5.77. The highest BCUT2D eigenvalue weighted by Gasteiger charge is 2.34. The van der Waals surface area contributed by atoms with Crippen LogP contribution in [-0.4, -0.2) is 23.2 Å². The molecule has 124 valence electrons. The summed E-state index contributed by atoms with van der Waals surface area (Å²) >= 11 is 5.76. The van der Waals surface area contributed by atoms with Gasteiger partial charge in [-0.25, -0.2) is 13.8 Å². The van der Waals surface area contributed by atoms with E-state index in [0.717, 1.165) is 6.07 Å². The van der Waals surface area contributed by atoms with Crippen LogP contribution in [-0.2, 0) is 11.3 Å². The Morgan fingerprint density at radius 3 is 2.62 bits per heavy atom. The molecule has 0 aromatic heterocycles. The van der Waals surface area contributed by atoms with Gasteiger partial charge in [0.2, 0.25) is 0 Å². The van der Waals surface area contributed by atoms with E-state index in [9.17, 15) is 13.6 Å².